The standard InChI is InChI=1S/C17H13ClO2/c1-10-6-14-15(7-11(10)2)20-16(17(14)19)9-12-4-3-5-13(18)8-12/h3-9H,1-2H3/b16-9-. The molecule has 1 aliphatic heterocycles. The molecule has 0 N–H and O–H groups in total. The predicted molar refractivity (Wildman–Crippen MR) is 80.3 cm³/mol. The zero-order valence-corrected chi connectivity index (χ0v) is 12.0. The molecule has 0 unspecified atom stereocenters. The first-order chi connectivity index (χ1) is 9.54. The molecule has 2 nitrogen and oxygen atoms in total. The van der Waals surface area contributed by atoms with E-state index in [0.29, 0.717) is 22.1 Å². The van der Waals surface area contributed by atoms with E-state index in [1.807, 2.05) is 38.1 Å². The van der Waals surface area contributed by atoms with Crippen LogP contribution in [0, 0.1) is 13.8 Å². The Morgan fingerprint density at radius 3 is 2.60 bits per heavy atom. The van der Waals surface area contributed by atoms with Crippen LogP contribution in [0.15, 0.2) is 42.2 Å². The normalized spacial score (nSPS) is 15.3. The van der Waals surface area contributed by atoms with Gasteiger partial charge in [-0.25, -0.2) is 0 Å². The molecule has 0 aromatic heterocycles. The number of rotatable bonds is 1. The second-order valence-electron chi connectivity index (χ2n) is 4.93. The van der Waals surface area contributed by atoms with Gasteiger partial charge in [-0.2, -0.15) is 0 Å². The average molecular weight is 285 g/mol. The lowest BCUT2D eigenvalue weighted by molar-refractivity contribution is 0.101. The van der Waals surface area contributed by atoms with Gasteiger partial charge in [-0.1, -0.05) is 23.7 Å². The number of halogens is 1. The quantitative estimate of drug-likeness (QED) is 0.717. The molecule has 0 atom stereocenters. The molecule has 0 radical (unpaired) electrons. The molecular weight excluding hydrogens is 272 g/mol. The zero-order chi connectivity index (χ0) is 14.3. The smallest absolute Gasteiger partial charge is 0.231 e. The lowest BCUT2D eigenvalue weighted by Crippen LogP contribution is -1.98. The minimum absolute atomic E-state index is 0.0805. The van der Waals surface area contributed by atoms with Crippen molar-refractivity contribution < 1.29 is 9.53 Å². The lowest BCUT2D eigenvalue weighted by atomic mass is 10.0. The molecule has 0 amide bonds. The van der Waals surface area contributed by atoms with E-state index in [1.54, 1.807) is 18.2 Å². The van der Waals surface area contributed by atoms with Gasteiger partial charge in [0, 0.05) is 5.02 Å². The van der Waals surface area contributed by atoms with Crippen LogP contribution in [0.25, 0.3) is 6.08 Å². The van der Waals surface area contributed by atoms with Gasteiger partial charge in [0.15, 0.2) is 5.76 Å². The van der Waals surface area contributed by atoms with E-state index < -0.39 is 0 Å². The Morgan fingerprint density at radius 1 is 1.10 bits per heavy atom. The van der Waals surface area contributed by atoms with Gasteiger partial charge in [-0.3, -0.25) is 4.79 Å². The van der Waals surface area contributed by atoms with Crippen molar-refractivity contribution in [1.82, 2.24) is 0 Å². The van der Waals surface area contributed by atoms with Gasteiger partial charge in [0.1, 0.15) is 5.75 Å². The van der Waals surface area contributed by atoms with Crippen molar-refractivity contribution in [1.29, 1.82) is 0 Å². The number of carbonyl (C=O) groups excluding carboxylic acids is 1. The topological polar surface area (TPSA) is 26.3 Å². The van der Waals surface area contributed by atoms with Crippen LogP contribution >= 0.6 is 11.6 Å². The van der Waals surface area contributed by atoms with Gasteiger partial charge in [-0.15, -0.1) is 0 Å². The van der Waals surface area contributed by atoms with Crippen molar-refractivity contribution in [2.45, 2.75) is 13.8 Å². The van der Waals surface area contributed by atoms with Crippen LogP contribution in [-0.4, -0.2) is 5.78 Å². The van der Waals surface area contributed by atoms with Crippen LogP contribution in [-0.2, 0) is 0 Å². The fourth-order valence-electron chi connectivity index (χ4n) is 2.19. The minimum atomic E-state index is -0.0805. The van der Waals surface area contributed by atoms with E-state index in [4.69, 9.17) is 16.3 Å². The van der Waals surface area contributed by atoms with Crippen molar-refractivity contribution in [3.63, 3.8) is 0 Å². The summed E-state index contributed by atoms with van der Waals surface area (Å²) >= 11 is 5.94. The highest BCUT2D eigenvalue weighted by Gasteiger charge is 2.27. The summed E-state index contributed by atoms with van der Waals surface area (Å²) in [6.07, 6.45) is 1.72. The van der Waals surface area contributed by atoms with E-state index in [1.165, 1.54) is 0 Å². The molecular formula is C17H13ClO2. The Labute approximate surface area is 122 Å². The molecule has 3 rings (SSSR count). The molecule has 0 aliphatic carbocycles. The SMILES string of the molecule is Cc1cc2c(cc1C)C(=O)/C(=C/c1cccc(Cl)c1)O2. The third kappa shape index (κ3) is 2.23. The van der Waals surface area contributed by atoms with Crippen LogP contribution in [0.2, 0.25) is 5.02 Å². The number of hydrogen-bond donors (Lipinski definition) is 0. The van der Waals surface area contributed by atoms with Gasteiger partial charge >= 0.3 is 0 Å². The van der Waals surface area contributed by atoms with Crippen LogP contribution in [0.3, 0.4) is 0 Å². The Hall–Kier alpha value is -2.06. The predicted octanol–water partition coefficient (Wildman–Crippen LogP) is 4.57. The Morgan fingerprint density at radius 2 is 1.85 bits per heavy atom. The van der Waals surface area contributed by atoms with E-state index in [-0.39, 0.29) is 5.78 Å². The van der Waals surface area contributed by atoms with Crippen LogP contribution in [0.4, 0.5) is 0 Å². The zero-order valence-electron chi connectivity index (χ0n) is 11.2. The highest BCUT2D eigenvalue weighted by Crippen LogP contribution is 2.34. The molecule has 100 valence electrons. The highest BCUT2D eigenvalue weighted by atomic mass is 35.5. The summed E-state index contributed by atoms with van der Waals surface area (Å²) in [5.74, 6) is 0.890. The molecule has 0 fully saturated rings. The van der Waals surface area contributed by atoms with Gasteiger partial charge in [0.25, 0.3) is 0 Å². The first-order valence-corrected chi connectivity index (χ1v) is 6.73. The molecule has 0 saturated carbocycles. The first-order valence-electron chi connectivity index (χ1n) is 6.35. The molecule has 2 aromatic rings. The van der Waals surface area contributed by atoms with Crippen LogP contribution < -0.4 is 4.74 Å². The second kappa shape index (κ2) is 4.80. The third-order valence-electron chi connectivity index (χ3n) is 3.43. The third-order valence-corrected chi connectivity index (χ3v) is 3.67. The largest absolute Gasteiger partial charge is 0.452 e. The summed E-state index contributed by atoms with van der Waals surface area (Å²) in [7, 11) is 0. The maximum Gasteiger partial charge on any atom is 0.231 e. The Kier molecular flexibility index (Phi) is 3.11. The molecule has 1 aliphatic rings. The summed E-state index contributed by atoms with van der Waals surface area (Å²) in [6, 6.07) is 11.1. The number of allylic oxidation sites excluding steroid dienone is 1. The van der Waals surface area contributed by atoms with Gasteiger partial charge in [0.05, 0.1) is 5.56 Å². The summed E-state index contributed by atoms with van der Waals surface area (Å²) in [6.45, 7) is 3.99. The van der Waals surface area contributed by atoms with Crippen molar-refractivity contribution in [2.24, 2.45) is 0 Å². The lowest BCUT2D eigenvalue weighted by Gasteiger charge is -2.02. The maximum absolute atomic E-state index is 12.3. The average Bonchev–Trinajstić information content (AvgIpc) is 2.68. The Bertz CT molecular complexity index is 745. The van der Waals surface area contributed by atoms with Crippen molar-refractivity contribution in [2.75, 3.05) is 0 Å². The van der Waals surface area contributed by atoms with Crippen molar-refractivity contribution in [3.05, 3.63) is 69.4 Å². The molecule has 0 bridgehead atoms. The fraction of sp³-hybridized carbons (Fsp3) is 0.118. The number of ether oxygens (including phenoxy) is 1. The molecule has 2 aromatic carbocycles. The number of fused-ring (bicyclic) bond motifs is 1. The van der Waals surface area contributed by atoms with Crippen LogP contribution in [0.5, 0.6) is 5.75 Å². The van der Waals surface area contributed by atoms with Crippen molar-refractivity contribution in [3.8, 4) is 5.75 Å². The molecule has 0 saturated heterocycles. The fourth-order valence-corrected chi connectivity index (χ4v) is 2.39. The number of hydrogen-bond acceptors (Lipinski definition) is 2. The molecule has 20 heavy (non-hydrogen) atoms. The maximum atomic E-state index is 12.3. The van der Waals surface area contributed by atoms with Gasteiger partial charge < -0.3 is 4.74 Å². The molecule has 1 heterocycles. The molecule has 0 spiro atoms. The Balaban J connectivity index is 2.01. The van der Waals surface area contributed by atoms with E-state index in [0.717, 1.165) is 16.7 Å². The first kappa shape index (κ1) is 12.9. The number of ketones is 1. The summed E-state index contributed by atoms with van der Waals surface area (Å²) in [4.78, 5) is 12.3. The van der Waals surface area contributed by atoms with Gasteiger partial charge in [-0.05, 0) is 60.9 Å². The summed E-state index contributed by atoms with van der Waals surface area (Å²) < 4.78 is 5.67. The summed E-state index contributed by atoms with van der Waals surface area (Å²) in [5.41, 5.74) is 3.67. The van der Waals surface area contributed by atoms with Crippen molar-refractivity contribution >= 4 is 23.5 Å². The van der Waals surface area contributed by atoms with E-state index in [9.17, 15) is 4.79 Å². The highest BCUT2D eigenvalue weighted by molar-refractivity contribution is 6.30. The van der Waals surface area contributed by atoms with Crippen LogP contribution in [0.1, 0.15) is 27.0 Å². The van der Waals surface area contributed by atoms with E-state index in [2.05, 4.69) is 0 Å². The number of carbonyl (C=O) groups is 1. The molecule has 3 heteroatoms. The summed E-state index contributed by atoms with van der Waals surface area (Å²) in [5, 5.41) is 0.633. The number of Topliss-reactive ketones (excluding diaryl/α,β-unsaturated/α-hetero) is 1. The minimum Gasteiger partial charge on any atom is -0.452 e. The number of aryl methyl sites for hydroxylation is 2. The number of benzene rings is 2. The second-order valence-corrected chi connectivity index (χ2v) is 5.36. The van der Waals surface area contributed by atoms with E-state index >= 15 is 0 Å². The monoisotopic (exact) mass is 284 g/mol. The van der Waals surface area contributed by atoms with Gasteiger partial charge in [0.2, 0.25) is 5.78 Å².